The predicted molar refractivity (Wildman–Crippen MR) is 73.8 cm³/mol. The molecule has 17 heavy (non-hydrogen) atoms. The molecule has 0 aliphatic carbocycles. The Morgan fingerprint density at radius 2 is 1.53 bits per heavy atom. The molecule has 0 rings (SSSR count). The number of primary amides is 1. The van der Waals surface area contributed by atoms with E-state index >= 15 is 0 Å². The van der Waals surface area contributed by atoms with E-state index < -0.39 is 0 Å². The summed E-state index contributed by atoms with van der Waals surface area (Å²) < 4.78 is 0. The number of carbonyl (C=O) groups is 1. The van der Waals surface area contributed by atoms with Crippen LogP contribution in [0.5, 0.6) is 0 Å². The van der Waals surface area contributed by atoms with Gasteiger partial charge >= 0.3 is 0 Å². The third kappa shape index (κ3) is 5.87. The molecule has 0 heterocycles. The zero-order valence-electron chi connectivity index (χ0n) is 12.4. The van der Waals surface area contributed by atoms with Crippen molar-refractivity contribution in [3.8, 4) is 0 Å². The van der Waals surface area contributed by atoms with E-state index in [0.717, 1.165) is 13.0 Å². The largest absolute Gasteiger partial charge is 0.366 e. The fraction of sp³-hybridized carbons (Fsp3) is 0.786. The van der Waals surface area contributed by atoms with Crippen LogP contribution in [-0.2, 0) is 4.79 Å². The smallest absolute Gasteiger partial charge is 0.244 e. The van der Waals surface area contributed by atoms with Crippen molar-refractivity contribution in [1.29, 1.82) is 0 Å². The van der Waals surface area contributed by atoms with Gasteiger partial charge in [-0.05, 0) is 54.9 Å². The van der Waals surface area contributed by atoms with Crippen LogP contribution in [0.15, 0.2) is 11.6 Å². The summed E-state index contributed by atoms with van der Waals surface area (Å²) in [4.78, 5) is 13.3. The molecule has 3 nitrogen and oxygen atoms in total. The number of hydrogen-bond donors (Lipinski definition) is 1. The highest BCUT2D eigenvalue weighted by atomic mass is 16.1. The van der Waals surface area contributed by atoms with Crippen molar-refractivity contribution in [3.63, 3.8) is 0 Å². The molecule has 0 bridgehead atoms. The fourth-order valence-electron chi connectivity index (χ4n) is 2.19. The standard InChI is InChI=1S/C14H28N2O/c1-11(12(15)17)9-8-10-16(13(2,3)4)14(5,6)7/h9H,8,10H2,1-7H3,(H2,15,17). The van der Waals surface area contributed by atoms with Crippen molar-refractivity contribution >= 4 is 5.91 Å². The van der Waals surface area contributed by atoms with Crippen molar-refractivity contribution in [2.24, 2.45) is 5.73 Å². The Morgan fingerprint density at radius 1 is 1.12 bits per heavy atom. The quantitative estimate of drug-likeness (QED) is 0.768. The lowest BCUT2D eigenvalue weighted by molar-refractivity contribution is -0.114. The molecule has 0 radical (unpaired) electrons. The van der Waals surface area contributed by atoms with Gasteiger partial charge in [0.1, 0.15) is 0 Å². The minimum absolute atomic E-state index is 0.118. The van der Waals surface area contributed by atoms with Crippen molar-refractivity contribution in [2.45, 2.75) is 66.0 Å². The van der Waals surface area contributed by atoms with E-state index in [0.29, 0.717) is 5.57 Å². The lowest BCUT2D eigenvalue weighted by Gasteiger charge is -2.45. The van der Waals surface area contributed by atoms with E-state index in [4.69, 9.17) is 5.73 Å². The van der Waals surface area contributed by atoms with Crippen molar-refractivity contribution < 1.29 is 4.79 Å². The first-order valence-corrected chi connectivity index (χ1v) is 6.20. The van der Waals surface area contributed by atoms with Crippen molar-refractivity contribution in [1.82, 2.24) is 4.90 Å². The third-order valence-corrected chi connectivity index (χ3v) is 2.81. The fourth-order valence-corrected chi connectivity index (χ4v) is 2.19. The van der Waals surface area contributed by atoms with Crippen LogP contribution < -0.4 is 5.73 Å². The Bertz CT molecular complexity index is 278. The first-order chi connectivity index (χ1) is 7.46. The van der Waals surface area contributed by atoms with Gasteiger partial charge in [0.25, 0.3) is 0 Å². The first kappa shape index (κ1) is 16.2. The molecule has 100 valence electrons. The predicted octanol–water partition coefficient (Wildman–Crippen LogP) is 2.71. The van der Waals surface area contributed by atoms with Gasteiger partial charge in [0.05, 0.1) is 0 Å². The minimum Gasteiger partial charge on any atom is -0.366 e. The van der Waals surface area contributed by atoms with Gasteiger partial charge in [0.2, 0.25) is 5.91 Å². The van der Waals surface area contributed by atoms with Crippen molar-refractivity contribution in [2.75, 3.05) is 6.54 Å². The Hall–Kier alpha value is -0.830. The molecule has 0 aliphatic heterocycles. The molecule has 0 aromatic rings. The maximum absolute atomic E-state index is 10.9. The zero-order chi connectivity index (χ0) is 13.9. The van der Waals surface area contributed by atoms with E-state index in [1.165, 1.54) is 0 Å². The molecule has 0 unspecified atom stereocenters. The van der Waals surface area contributed by atoms with E-state index in [9.17, 15) is 4.79 Å². The Labute approximate surface area is 106 Å². The molecule has 0 aromatic heterocycles. The maximum atomic E-state index is 10.9. The van der Waals surface area contributed by atoms with E-state index in [2.05, 4.69) is 46.4 Å². The van der Waals surface area contributed by atoms with Gasteiger partial charge in [-0.2, -0.15) is 0 Å². The first-order valence-electron chi connectivity index (χ1n) is 6.20. The molecular weight excluding hydrogens is 212 g/mol. The second-order valence-corrected chi connectivity index (χ2v) is 6.53. The van der Waals surface area contributed by atoms with E-state index in [-0.39, 0.29) is 17.0 Å². The molecule has 0 spiro atoms. The van der Waals surface area contributed by atoms with Crippen LogP contribution in [0.3, 0.4) is 0 Å². The summed E-state index contributed by atoms with van der Waals surface area (Å²) in [6.45, 7) is 16.0. The summed E-state index contributed by atoms with van der Waals surface area (Å²) in [6, 6.07) is 0. The summed E-state index contributed by atoms with van der Waals surface area (Å²) >= 11 is 0. The summed E-state index contributed by atoms with van der Waals surface area (Å²) in [6.07, 6.45) is 2.77. The molecule has 2 N–H and O–H groups in total. The van der Waals surface area contributed by atoms with Gasteiger partial charge in [-0.1, -0.05) is 6.08 Å². The maximum Gasteiger partial charge on any atom is 0.244 e. The van der Waals surface area contributed by atoms with Crippen LogP contribution in [0.4, 0.5) is 0 Å². The molecule has 0 saturated carbocycles. The highest BCUT2D eigenvalue weighted by molar-refractivity contribution is 5.91. The number of rotatable bonds is 4. The van der Waals surface area contributed by atoms with Crippen LogP contribution in [-0.4, -0.2) is 28.4 Å². The molecule has 0 aliphatic rings. The SMILES string of the molecule is CC(=CCCN(C(C)(C)C)C(C)(C)C)C(N)=O. The Balaban J connectivity index is 4.61. The Kier molecular flexibility index (Phi) is 5.40. The topological polar surface area (TPSA) is 46.3 Å². The van der Waals surface area contributed by atoms with Crippen LogP contribution in [0.25, 0.3) is 0 Å². The van der Waals surface area contributed by atoms with Gasteiger partial charge in [-0.25, -0.2) is 0 Å². The number of nitrogens with zero attached hydrogens (tertiary/aromatic N) is 1. The van der Waals surface area contributed by atoms with Crippen LogP contribution >= 0.6 is 0 Å². The summed E-state index contributed by atoms with van der Waals surface area (Å²) in [5, 5.41) is 0. The lowest BCUT2D eigenvalue weighted by atomic mass is 9.95. The number of amides is 1. The van der Waals surface area contributed by atoms with Gasteiger partial charge in [-0.15, -0.1) is 0 Å². The molecule has 0 fully saturated rings. The summed E-state index contributed by atoms with van der Waals surface area (Å²) in [5.74, 6) is -0.330. The molecule has 3 heteroatoms. The second-order valence-electron chi connectivity index (χ2n) is 6.53. The second kappa shape index (κ2) is 5.67. The van der Waals surface area contributed by atoms with Gasteiger partial charge in [-0.3, -0.25) is 9.69 Å². The van der Waals surface area contributed by atoms with Crippen LogP contribution in [0.1, 0.15) is 54.9 Å². The molecule has 0 aromatic carbocycles. The average Bonchev–Trinajstić information content (AvgIpc) is 2.07. The molecule has 1 amide bonds. The Morgan fingerprint density at radius 3 is 1.82 bits per heavy atom. The lowest BCUT2D eigenvalue weighted by Crippen LogP contribution is -2.52. The monoisotopic (exact) mass is 240 g/mol. The van der Waals surface area contributed by atoms with Gasteiger partial charge in [0, 0.05) is 23.2 Å². The van der Waals surface area contributed by atoms with Crippen LogP contribution in [0, 0.1) is 0 Å². The van der Waals surface area contributed by atoms with E-state index in [1.54, 1.807) is 6.92 Å². The normalized spacial score (nSPS) is 14.2. The molecule has 0 saturated heterocycles. The third-order valence-electron chi connectivity index (χ3n) is 2.81. The number of hydrogen-bond acceptors (Lipinski definition) is 2. The average molecular weight is 240 g/mol. The van der Waals surface area contributed by atoms with Crippen molar-refractivity contribution in [3.05, 3.63) is 11.6 Å². The summed E-state index contributed by atoms with van der Waals surface area (Å²) in [5.41, 5.74) is 6.09. The molecular formula is C14H28N2O. The zero-order valence-corrected chi connectivity index (χ0v) is 12.4. The van der Waals surface area contributed by atoms with Crippen LogP contribution in [0.2, 0.25) is 0 Å². The van der Waals surface area contributed by atoms with Gasteiger partial charge < -0.3 is 5.73 Å². The number of carbonyl (C=O) groups excluding carboxylic acids is 1. The highest BCUT2D eigenvalue weighted by Gasteiger charge is 2.30. The van der Waals surface area contributed by atoms with Gasteiger partial charge in [0.15, 0.2) is 0 Å². The minimum atomic E-state index is -0.330. The highest BCUT2D eigenvalue weighted by Crippen LogP contribution is 2.24. The van der Waals surface area contributed by atoms with E-state index in [1.807, 2.05) is 6.08 Å². The molecule has 0 atom stereocenters. The number of nitrogens with two attached hydrogens (primary N) is 1. The summed E-state index contributed by atoms with van der Waals surface area (Å²) in [7, 11) is 0.